The van der Waals surface area contributed by atoms with Gasteiger partial charge in [0.2, 0.25) is 15.1 Å². The van der Waals surface area contributed by atoms with Gasteiger partial charge in [0.05, 0.1) is 12.1 Å². The average molecular weight is 534 g/mol. The van der Waals surface area contributed by atoms with E-state index in [9.17, 15) is 14.4 Å². The lowest BCUT2D eigenvalue weighted by molar-refractivity contribution is -0.184. The molecule has 1 aromatic rings. The molecule has 0 spiro atoms. The molecular weight excluding hydrogens is 494 g/mol. The first-order chi connectivity index (χ1) is 17.4. The Morgan fingerprint density at radius 2 is 1.46 bits per heavy atom. The minimum atomic E-state index is -2.42. The molecule has 0 bridgehead atoms. The molecule has 0 saturated heterocycles. The number of amides is 1. The normalized spacial score (nSPS) is 26.6. The van der Waals surface area contributed by atoms with Gasteiger partial charge in [0.25, 0.3) is 5.91 Å². The molecule has 5 atom stereocenters. The molecule has 3 aliphatic rings. The Balaban J connectivity index is 1.84. The molecule has 0 aromatic heterocycles. The molecule has 37 heavy (non-hydrogen) atoms. The number of carbonyl (C=O) groups is 3. The van der Waals surface area contributed by atoms with Crippen LogP contribution in [0.15, 0.2) is 12.1 Å². The van der Waals surface area contributed by atoms with E-state index in [1.807, 2.05) is 6.07 Å². The molecule has 1 amide bonds. The Morgan fingerprint density at radius 3 is 2.00 bits per heavy atom. The second-order valence-electron chi connectivity index (χ2n) is 11.3. The van der Waals surface area contributed by atoms with E-state index in [-0.39, 0.29) is 18.6 Å². The summed E-state index contributed by atoms with van der Waals surface area (Å²) in [6, 6.07) is 2.95. The topological polar surface area (TPSA) is 109 Å². The minimum absolute atomic E-state index is 0.0928. The Kier molecular flexibility index (Phi) is 7.63. The number of hydrogen-bond acceptors (Lipinski definition) is 8. The Hall–Kier alpha value is -2.59. The zero-order valence-electron chi connectivity index (χ0n) is 23.0. The summed E-state index contributed by atoms with van der Waals surface area (Å²) in [4.78, 5) is 37.8. The van der Waals surface area contributed by atoms with Gasteiger partial charge in [0.1, 0.15) is 0 Å². The summed E-state index contributed by atoms with van der Waals surface area (Å²) in [5, 5.41) is 3.03. The van der Waals surface area contributed by atoms with Gasteiger partial charge >= 0.3 is 11.9 Å². The van der Waals surface area contributed by atoms with Crippen LogP contribution in [0.2, 0.25) is 16.6 Å². The van der Waals surface area contributed by atoms with Gasteiger partial charge in [-0.3, -0.25) is 14.4 Å². The van der Waals surface area contributed by atoms with Crippen LogP contribution in [0.25, 0.3) is 0 Å². The number of carbonyl (C=O) groups excluding carboxylic acids is 3. The highest BCUT2D eigenvalue weighted by atomic mass is 28.4. The highest BCUT2D eigenvalue weighted by Gasteiger charge is 2.56. The van der Waals surface area contributed by atoms with E-state index < -0.39 is 44.6 Å². The van der Waals surface area contributed by atoms with Gasteiger partial charge in [-0.15, -0.1) is 0 Å². The van der Waals surface area contributed by atoms with E-state index in [0.717, 1.165) is 5.56 Å². The summed E-state index contributed by atoms with van der Waals surface area (Å²) < 4.78 is 29.9. The molecule has 4 rings (SSSR count). The van der Waals surface area contributed by atoms with Gasteiger partial charge in [-0.25, -0.2) is 0 Å². The molecule has 1 aromatic carbocycles. The van der Waals surface area contributed by atoms with Gasteiger partial charge in [-0.2, -0.15) is 0 Å². The second-order valence-corrected chi connectivity index (χ2v) is 16.7. The van der Waals surface area contributed by atoms with Crippen LogP contribution in [-0.2, 0) is 23.5 Å². The third-order valence-electron chi connectivity index (χ3n) is 8.12. The highest BCUT2D eigenvalue weighted by molar-refractivity contribution is 6.77. The maximum atomic E-state index is 13.2. The van der Waals surface area contributed by atoms with Crippen molar-refractivity contribution in [3.63, 3.8) is 0 Å². The summed E-state index contributed by atoms with van der Waals surface area (Å²) in [7, 11) is -2.42. The van der Waals surface area contributed by atoms with Crippen LogP contribution < -0.4 is 14.8 Å². The second kappa shape index (κ2) is 10.3. The first-order valence-electron chi connectivity index (χ1n) is 13.1. The molecule has 0 radical (unpaired) electrons. The van der Waals surface area contributed by atoms with Gasteiger partial charge in [0.15, 0.2) is 23.7 Å². The lowest BCUT2D eigenvalue weighted by Gasteiger charge is -2.52. The first-order valence-corrected chi connectivity index (χ1v) is 15.3. The van der Waals surface area contributed by atoms with Crippen molar-refractivity contribution < 1.29 is 37.8 Å². The lowest BCUT2D eigenvalue weighted by Crippen LogP contribution is -2.65. The van der Waals surface area contributed by atoms with Crippen LogP contribution in [-0.4, -0.2) is 57.3 Å². The number of hydrogen-bond donors (Lipinski definition) is 1. The molecule has 0 unspecified atom stereocenters. The average Bonchev–Trinajstić information content (AvgIpc) is 3.25. The van der Waals surface area contributed by atoms with E-state index >= 15 is 0 Å². The molecule has 1 N–H and O–H groups in total. The summed E-state index contributed by atoms with van der Waals surface area (Å²) in [6.45, 7) is 15.9. The number of nitrogens with one attached hydrogen (secondary N) is 1. The van der Waals surface area contributed by atoms with Crippen LogP contribution in [0.5, 0.6) is 11.5 Å². The number of fused-ring (bicyclic) bond motifs is 4. The van der Waals surface area contributed by atoms with Crippen LogP contribution in [0.3, 0.4) is 0 Å². The SMILES string of the molecule is CC(=O)O[C@H]1[C@@H]2NC(=O)c3cc4c(cc3[C@H]2C[C@H](O[Si](C(C)C)(C(C)C)C(C)C)[C@H]1OC(C)=O)OCO4. The lowest BCUT2D eigenvalue weighted by atomic mass is 9.72. The molecule has 1 saturated carbocycles. The van der Waals surface area contributed by atoms with Crippen molar-refractivity contribution in [1.82, 2.24) is 5.32 Å². The molecule has 1 aliphatic carbocycles. The van der Waals surface area contributed by atoms with Crippen LogP contribution in [0.4, 0.5) is 0 Å². The maximum absolute atomic E-state index is 13.2. The molecule has 204 valence electrons. The zero-order chi connectivity index (χ0) is 27.2. The molecular formula is C27H39NO8Si. The largest absolute Gasteiger partial charge is 0.456 e. The zero-order valence-corrected chi connectivity index (χ0v) is 24.0. The van der Waals surface area contributed by atoms with Crippen molar-refractivity contribution in [3.05, 3.63) is 23.3 Å². The Morgan fingerprint density at radius 1 is 0.919 bits per heavy atom. The first kappa shape index (κ1) is 27.4. The number of rotatable bonds is 7. The van der Waals surface area contributed by atoms with E-state index in [0.29, 0.717) is 40.1 Å². The van der Waals surface area contributed by atoms with Crippen molar-refractivity contribution in [2.75, 3.05) is 6.79 Å². The molecule has 10 heteroatoms. The van der Waals surface area contributed by atoms with Crippen molar-refractivity contribution in [1.29, 1.82) is 0 Å². The Labute approximate surface area is 219 Å². The minimum Gasteiger partial charge on any atom is -0.456 e. The highest BCUT2D eigenvalue weighted by Crippen LogP contribution is 2.49. The van der Waals surface area contributed by atoms with E-state index in [2.05, 4.69) is 46.9 Å². The predicted octanol–water partition coefficient (Wildman–Crippen LogP) is 4.44. The monoisotopic (exact) mass is 533 g/mol. The number of ether oxygens (including phenoxy) is 4. The summed E-state index contributed by atoms with van der Waals surface area (Å²) >= 11 is 0. The van der Waals surface area contributed by atoms with Crippen molar-refractivity contribution in [3.8, 4) is 11.5 Å². The number of esters is 2. The standard InChI is InChI=1S/C27H39NO8Si/c1-13(2)37(14(3)4,15(5)6)36-23-10-19-18-9-21-22(33-12-32-21)11-20(18)27(31)28-24(19)26(35-17(8)30)25(23)34-16(7)29/h9,11,13-15,19,23-26H,10,12H2,1-8H3,(H,28,31)/t19-,23+,24-,25-,26+/m1/s1. The van der Waals surface area contributed by atoms with Crippen LogP contribution >= 0.6 is 0 Å². The molecule has 2 aliphatic heterocycles. The third-order valence-corrected chi connectivity index (χ3v) is 14.2. The van der Waals surface area contributed by atoms with Gasteiger partial charge < -0.3 is 28.7 Å². The maximum Gasteiger partial charge on any atom is 0.303 e. The molecule has 2 heterocycles. The van der Waals surface area contributed by atoms with E-state index in [4.69, 9.17) is 23.4 Å². The van der Waals surface area contributed by atoms with Crippen molar-refractivity contribution in [2.45, 2.75) is 109 Å². The summed E-state index contributed by atoms with van der Waals surface area (Å²) in [6.07, 6.45) is -1.82. The van der Waals surface area contributed by atoms with Gasteiger partial charge in [0, 0.05) is 25.3 Å². The van der Waals surface area contributed by atoms with E-state index in [1.54, 1.807) is 6.07 Å². The van der Waals surface area contributed by atoms with Crippen LogP contribution in [0, 0.1) is 0 Å². The molecule has 1 fully saturated rings. The predicted molar refractivity (Wildman–Crippen MR) is 138 cm³/mol. The van der Waals surface area contributed by atoms with Crippen molar-refractivity contribution in [2.24, 2.45) is 0 Å². The summed E-state index contributed by atoms with van der Waals surface area (Å²) in [5.74, 6) is -0.468. The number of benzene rings is 1. The van der Waals surface area contributed by atoms with E-state index in [1.165, 1.54) is 13.8 Å². The fraction of sp³-hybridized carbons (Fsp3) is 0.667. The van der Waals surface area contributed by atoms with Crippen molar-refractivity contribution >= 4 is 26.2 Å². The summed E-state index contributed by atoms with van der Waals surface area (Å²) in [5.41, 5.74) is 2.17. The van der Waals surface area contributed by atoms with Crippen LogP contribution in [0.1, 0.15) is 83.7 Å². The smallest absolute Gasteiger partial charge is 0.303 e. The third kappa shape index (κ3) is 4.85. The fourth-order valence-corrected chi connectivity index (χ4v) is 12.4. The van der Waals surface area contributed by atoms with Gasteiger partial charge in [-0.1, -0.05) is 41.5 Å². The fourth-order valence-electron chi connectivity index (χ4n) is 6.82. The van der Waals surface area contributed by atoms with Gasteiger partial charge in [-0.05, 0) is 40.7 Å². The molecule has 9 nitrogen and oxygen atoms in total. The Bertz CT molecular complexity index is 1050. The quantitative estimate of drug-likeness (QED) is 0.405.